The number of halogens is 2. The molecule has 0 aliphatic carbocycles. The molecule has 0 saturated carbocycles. The van der Waals surface area contributed by atoms with Gasteiger partial charge in [0.2, 0.25) is 0 Å². The van der Waals surface area contributed by atoms with Crippen LogP contribution in [0.5, 0.6) is 0 Å². The molecule has 0 aromatic carbocycles. The van der Waals surface area contributed by atoms with Crippen molar-refractivity contribution in [3.63, 3.8) is 0 Å². The fourth-order valence-electron chi connectivity index (χ4n) is 0.604. The maximum atomic E-state index is 3.22. The molecule has 0 aromatic heterocycles. The monoisotopic (exact) mass is 302 g/mol. The molecule has 2 N–H and O–H groups in total. The van der Waals surface area contributed by atoms with Crippen LogP contribution in [-0.4, -0.2) is 26.2 Å². The standard InChI is InChI=1S/C4H10N2.2BrH.Ni/c1-2-6-4-3-5-1;;;/h5-6H,1-4H2;2*1H;/q;;;+2/p-2. The SMILES string of the molecule is C1CNCCN1.[Br][Ni][Br]. The summed E-state index contributed by atoms with van der Waals surface area (Å²) in [7, 11) is 1.25. The van der Waals surface area contributed by atoms with Gasteiger partial charge in [0.05, 0.1) is 0 Å². The van der Waals surface area contributed by atoms with Gasteiger partial charge in [-0.15, -0.1) is 0 Å². The van der Waals surface area contributed by atoms with Crippen molar-refractivity contribution in [2.24, 2.45) is 0 Å². The molecule has 0 radical (unpaired) electrons. The molecule has 1 heterocycles. The van der Waals surface area contributed by atoms with E-state index in [1.807, 2.05) is 0 Å². The van der Waals surface area contributed by atoms with E-state index < -0.39 is 0 Å². The molecule has 1 aliphatic heterocycles. The maximum absolute atomic E-state index is 3.22. The summed E-state index contributed by atoms with van der Waals surface area (Å²) in [5.74, 6) is 0. The van der Waals surface area contributed by atoms with Crippen LogP contribution in [0.15, 0.2) is 0 Å². The summed E-state index contributed by atoms with van der Waals surface area (Å²) in [6.07, 6.45) is 0. The Balaban J connectivity index is 0.000000187. The zero-order valence-electron chi connectivity index (χ0n) is 4.90. The normalized spacial score (nSPS) is 18.4. The molecule has 0 bridgehead atoms. The van der Waals surface area contributed by atoms with Crippen LogP contribution in [0.2, 0.25) is 0 Å². The molecule has 0 unspecified atom stereocenters. The fourth-order valence-corrected chi connectivity index (χ4v) is 0.604. The van der Waals surface area contributed by atoms with Gasteiger partial charge in [0.25, 0.3) is 0 Å². The molecule has 5 heteroatoms. The fraction of sp³-hybridized carbons (Fsp3) is 1.00. The molecule has 60 valence electrons. The van der Waals surface area contributed by atoms with Crippen molar-refractivity contribution >= 4 is 28.5 Å². The predicted molar refractivity (Wildman–Crippen MR) is 43.6 cm³/mol. The minimum absolute atomic E-state index is 1.14. The van der Waals surface area contributed by atoms with E-state index in [0.717, 1.165) is 26.2 Å². The third kappa shape index (κ3) is 9.37. The van der Waals surface area contributed by atoms with Crippen LogP contribution < -0.4 is 10.6 Å². The zero-order chi connectivity index (χ0) is 6.95. The Morgan fingerprint density at radius 2 is 1.11 bits per heavy atom. The second-order valence-electron chi connectivity index (χ2n) is 1.55. The number of piperazine rings is 1. The quantitative estimate of drug-likeness (QED) is 0.649. The van der Waals surface area contributed by atoms with E-state index in [9.17, 15) is 0 Å². The van der Waals surface area contributed by atoms with Crippen LogP contribution in [0.3, 0.4) is 0 Å². The van der Waals surface area contributed by atoms with Gasteiger partial charge in [0.1, 0.15) is 0 Å². The van der Waals surface area contributed by atoms with Crippen molar-refractivity contribution in [1.29, 1.82) is 0 Å². The molecular weight excluding hydrogens is 295 g/mol. The average Bonchev–Trinajstić information content (AvgIpc) is 1.93. The molecule has 0 amide bonds. The predicted octanol–water partition coefficient (Wildman–Crippen LogP) is 0.868. The first-order chi connectivity index (χ1) is 4.41. The van der Waals surface area contributed by atoms with Gasteiger partial charge in [-0.05, 0) is 0 Å². The average molecular weight is 305 g/mol. The van der Waals surface area contributed by atoms with Crippen molar-refractivity contribution in [1.82, 2.24) is 10.6 Å². The van der Waals surface area contributed by atoms with E-state index in [1.54, 1.807) is 0 Å². The summed E-state index contributed by atoms with van der Waals surface area (Å²) < 4.78 is 0. The topological polar surface area (TPSA) is 24.1 Å². The Morgan fingerprint density at radius 3 is 1.22 bits per heavy atom. The van der Waals surface area contributed by atoms with Crippen LogP contribution in [0.1, 0.15) is 0 Å². The number of hydrogen-bond acceptors (Lipinski definition) is 2. The molecule has 1 rings (SSSR count). The van der Waals surface area contributed by atoms with E-state index in [-0.39, 0.29) is 0 Å². The van der Waals surface area contributed by atoms with Gasteiger partial charge in [-0.1, -0.05) is 0 Å². The van der Waals surface area contributed by atoms with Gasteiger partial charge >= 0.3 is 39.3 Å². The number of hydrogen-bond donors (Lipinski definition) is 2. The van der Waals surface area contributed by atoms with Crippen molar-refractivity contribution < 1.29 is 10.9 Å². The van der Waals surface area contributed by atoms with E-state index in [0.29, 0.717) is 0 Å². The summed E-state index contributed by atoms with van der Waals surface area (Å²) >= 11 is 6.00. The summed E-state index contributed by atoms with van der Waals surface area (Å²) in [5.41, 5.74) is 0. The number of nitrogens with one attached hydrogen (secondary N) is 2. The van der Waals surface area contributed by atoms with Crippen LogP contribution in [0.4, 0.5) is 0 Å². The van der Waals surface area contributed by atoms with Crippen molar-refractivity contribution in [3.05, 3.63) is 0 Å². The molecule has 1 fully saturated rings. The van der Waals surface area contributed by atoms with Gasteiger partial charge in [-0.3, -0.25) is 0 Å². The first kappa shape index (κ1) is 10.4. The van der Waals surface area contributed by atoms with Gasteiger partial charge in [0.15, 0.2) is 0 Å². The van der Waals surface area contributed by atoms with Crippen molar-refractivity contribution in [2.45, 2.75) is 0 Å². The van der Waals surface area contributed by atoms with Crippen LogP contribution >= 0.6 is 28.5 Å². The van der Waals surface area contributed by atoms with Crippen molar-refractivity contribution in [2.75, 3.05) is 26.2 Å². The molecule has 9 heavy (non-hydrogen) atoms. The second-order valence-corrected chi connectivity index (χ2v) is 6.53. The summed E-state index contributed by atoms with van der Waals surface area (Å²) in [6, 6.07) is 0. The van der Waals surface area contributed by atoms with Gasteiger partial charge in [-0.25, -0.2) is 0 Å². The Bertz CT molecular complexity index is 40.3. The van der Waals surface area contributed by atoms with Crippen LogP contribution in [-0.2, 0) is 10.9 Å². The summed E-state index contributed by atoms with van der Waals surface area (Å²) in [4.78, 5) is 0. The first-order valence-electron chi connectivity index (χ1n) is 2.65. The molecule has 0 atom stereocenters. The third-order valence-electron chi connectivity index (χ3n) is 0.957. The van der Waals surface area contributed by atoms with Gasteiger partial charge in [-0.2, -0.15) is 0 Å². The van der Waals surface area contributed by atoms with Gasteiger partial charge in [0, 0.05) is 26.2 Å². The zero-order valence-corrected chi connectivity index (χ0v) is 9.06. The molecule has 1 aliphatic rings. The Hall–Kier alpha value is 1.37. The minimum atomic E-state index is 1.14. The second kappa shape index (κ2) is 9.37. The third-order valence-corrected chi connectivity index (χ3v) is 0.957. The van der Waals surface area contributed by atoms with Crippen molar-refractivity contribution in [3.8, 4) is 0 Å². The summed E-state index contributed by atoms with van der Waals surface area (Å²) in [5, 5.41) is 6.44. The molecule has 0 spiro atoms. The number of rotatable bonds is 0. The molecule has 0 aromatic rings. The van der Waals surface area contributed by atoms with Crippen LogP contribution in [0.25, 0.3) is 0 Å². The molecular formula is C4H10Br2N2Ni. The molecule has 2 nitrogen and oxygen atoms in total. The van der Waals surface area contributed by atoms with E-state index >= 15 is 0 Å². The van der Waals surface area contributed by atoms with E-state index in [1.165, 1.54) is 10.9 Å². The summed E-state index contributed by atoms with van der Waals surface area (Å²) in [6.45, 7) is 4.56. The van der Waals surface area contributed by atoms with Gasteiger partial charge < -0.3 is 10.6 Å². The van der Waals surface area contributed by atoms with Crippen LogP contribution in [0, 0.1) is 0 Å². The Kier molecular flexibility index (Phi) is 10.8. The first-order valence-corrected chi connectivity index (χ1v) is 7.54. The van der Waals surface area contributed by atoms with E-state index in [2.05, 4.69) is 39.1 Å². The molecule has 1 saturated heterocycles. The Labute approximate surface area is 75.9 Å². The van der Waals surface area contributed by atoms with E-state index in [4.69, 9.17) is 0 Å². The Morgan fingerprint density at radius 1 is 0.889 bits per heavy atom.